The molecule has 0 spiro atoms. The first-order valence-corrected chi connectivity index (χ1v) is 5.74. The molecule has 84 valence electrons. The summed E-state index contributed by atoms with van der Waals surface area (Å²) in [6, 6.07) is 4.02. The van der Waals surface area contributed by atoms with E-state index in [9.17, 15) is 4.79 Å². The van der Waals surface area contributed by atoms with E-state index in [-0.39, 0.29) is 12.3 Å². The number of nitrogens with two attached hydrogens (primary N) is 1. The molecule has 1 aromatic carbocycles. The van der Waals surface area contributed by atoms with E-state index in [1.807, 2.05) is 19.9 Å². The molecule has 2 aromatic rings. The Morgan fingerprint density at radius 2 is 2.12 bits per heavy atom. The molecule has 2 N–H and O–H groups in total. The van der Waals surface area contributed by atoms with Crippen LogP contribution in [0.1, 0.15) is 16.7 Å². The van der Waals surface area contributed by atoms with Gasteiger partial charge in [0.2, 0.25) is 5.91 Å². The molecule has 2 rings (SSSR count). The van der Waals surface area contributed by atoms with Crippen LogP contribution in [0.15, 0.2) is 21.2 Å². The maximum Gasteiger partial charge on any atom is 0.222 e. The van der Waals surface area contributed by atoms with Gasteiger partial charge in [0.05, 0.1) is 6.42 Å². The highest BCUT2D eigenvalue weighted by Crippen LogP contribution is 2.33. The van der Waals surface area contributed by atoms with Crippen LogP contribution < -0.4 is 5.73 Å². The first kappa shape index (κ1) is 11.2. The number of benzene rings is 1. The fourth-order valence-electron chi connectivity index (χ4n) is 1.98. The summed E-state index contributed by atoms with van der Waals surface area (Å²) in [5, 5.41) is 0.983. The Morgan fingerprint density at radius 1 is 1.44 bits per heavy atom. The van der Waals surface area contributed by atoms with Crippen molar-refractivity contribution in [2.45, 2.75) is 20.3 Å². The smallest absolute Gasteiger partial charge is 0.222 e. The monoisotopic (exact) mass is 281 g/mol. The largest absolute Gasteiger partial charge is 0.449 e. The Kier molecular flexibility index (Phi) is 2.76. The Bertz CT molecular complexity index is 572. The van der Waals surface area contributed by atoms with Crippen molar-refractivity contribution in [2.24, 2.45) is 5.73 Å². The van der Waals surface area contributed by atoms with Gasteiger partial charge in [-0.15, -0.1) is 0 Å². The molecular weight excluding hydrogens is 270 g/mol. The summed E-state index contributed by atoms with van der Waals surface area (Å²) in [4.78, 5) is 11.0. The summed E-state index contributed by atoms with van der Waals surface area (Å²) in [7, 11) is 0. The zero-order valence-electron chi connectivity index (χ0n) is 9.13. The molecule has 3 nitrogen and oxygen atoms in total. The predicted octanol–water partition coefficient (Wildman–Crippen LogP) is 2.84. The van der Waals surface area contributed by atoms with Crippen molar-refractivity contribution in [2.75, 3.05) is 0 Å². The third-order valence-electron chi connectivity index (χ3n) is 2.53. The molecule has 16 heavy (non-hydrogen) atoms. The zero-order valence-corrected chi connectivity index (χ0v) is 10.7. The van der Waals surface area contributed by atoms with Crippen LogP contribution in [-0.2, 0) is 11.2 Å². The molecule has 4 heteroatoms. The van der Waals surface area contributed by atoms with Crippen LogP contribution >= 0.6 is 15.9 Å². The van der Waals surface area contributed by atoms with Gasteiger partial charge in [0, 0.05) is 10.9 Å². The van der Waals surface area contributed by atoms with E-state index in [2.05, 4.69) is 22.0 Å². The number of furan rings is 1. The second kappa shape index (κ2) is 3.94. The molecule has 0 saturated heterocycles. The number of carbonyl (C=O) groups is 1. The van der Waals surface area contributed by atoms with Crippen molar-refractivity contribution >= 4 is 32.8 Å². The van der Waals surface area contributed by atoms with Gasteiger partial charge in [0.25, 0.3) is 0 Å². The lowest BCUT2D eigenvalue weighted by molar-refractivity contribution is -0.117. The molecule has 1 amide bonds. The number of fused-ring (bicyclic) bond motifs is 1. The maximum absolute atomic E-state index is 11.0. The normalized spacial score (nSPS) is 10.9. The van der Waals surface area contributed by atoms with E-state index in [1.54, 1.807) is 0 Å². The van der Waals surface area contributed by atoms with E-state index in [0.29, 0.717) is 4.67 Å². The number of hydrogen-bond donors (Lipinski definition) is 1. The van der Waals surface area contributed by atoms with Gasteiger partial charge in [0.15, 0.2) is 4.67 Å². The van der Waals surface area contributed by atoms with Crippen molar-refractivity contribution in [3.63, 3.8) is 0 Å². The topological polar surface area (TPSA) is 56.2 Å². The molecule has 0 saturated carbocycles. The number of halogens is 1. The Labute approximate surface area is 102 Å². The lowest BCUT2D eigenvalue weighted by Crippen LogP contribution is -2.13. The Balaban J connectivity index is 2.73. The van der Waals surface area contributed by atoms with E-state index in [1.165, 1.54) is 0 Å². The lowest BCUT2D eigenvalue weighted by Gasteiger charge is -2.00. The standard InChI is InChI=1S/C12H12BrNO2/c1-6-3-7(2)11-8(5-10(14)15)12(13)16-9(11)4-6/h3-4H,5H2,1-2H3,(H2,14,15). The summed E-state index contributed by atoms with van der Waals surface area (Å²) >= 11 is 3.32. The number of carbonyl (C=O) groups excluding carboxylic acids is 1. The highest BCUT2D eigenvalue weighted by atomic mass is 79.9. The summed E-state index contributed by atoms with van der Waals surface area (Å²) < 4.78 is 6.16. The number of primary amides is 1. The number of rotatable bonds is 2. The molecule has 0 unspecified atom stereocenters. The highest BCUT2D eigenvalue weighted by Gasteiger charge is 2.16. The molecule has 1 heterocycles. The third-order valence-corrected chi connectivity index (χ3v) is 3.17. The Hall–Kier alpha value is -1.29. The van der Waals surface area contributed by atoms with E-state index >= 15 is 0 Å². The minimum absolute atomic E-state index is 0.192. The third kappa shape index (κ3) is 1.85. The second-order valence-electron chi connectivity index (χ2n) is 3.95. The number of aryl methyl sites for hydroxylation is 2. The van der Waals surface area contributed by atoms with Crippen molar-refractivity contribution in [1.82, 2.24) is 0 Å². The fraction of sp³-hybridized carbons (Fsp3) is 0.250. The van der Waals surface area contributed by atoms with Crippen LogP contribution in [0.3, 0.4) is 0 Å². The van der Waals surface area contributed by atoms with Crippen LogP contribution in [0.25, 0.3) is 11.0 Å². The van der Waals surface area contributed by atoms with E-state index < -0.39 is 0 Å². The van der Waals surface area contributed by atoms with Crippen molar-refractivity contribution in [3.05, 3.63) is 33.5 Å². The SMILES string of the molecule is Cc1cc(C)c2c(CC(N)=O)c(Br)oc2c1. The average molecular weight is 282 g/mol. The van der Waals surface area contributed by atoms with E-state index in [4.69, 9.17) is 10.2 Å². The molecule has 0 atom stereocenters. The van der Waals surface area contributed by atoms with Crippen molar-refractivity contribution in [1.29, 1.82) is 0 Å². The minimum Gasteiger partial charge on any atom is -0.449 e. The van der Waals surface area contributed by atoms with Gasteiger partial charge in [0.1, 0.15) is 5.58 Å². The van der Waals surface area contributed by atoms with E-state index in [0.717, 1.165) is 27.7 Å². The summed E-state index contributed by atoms with van der Waals surface area (Å²) in [5.41, 5.74) is 9.08. The van der Waals surface area contributed by atoms with Gasteiger partial charge in [-0.25, -0.2) is 0 Å². The van der Waals surface area contributed by atoms with Gasteiger partial charge in [-0.1, -0.05) is 6.07 Å². The van der Waals surface area contributed by atoms with Gasteiger partial charge in [-0.3, -0.25) is 4.79 Å². The highest BCUT2D eigenvalue weighted by molar-refractivity contribution is 9.10. The van der Waals surface area contributed by atoms with Crippen LogP contribution in [0, 0.1) is 13.8 Å². The molecule has 0 radical (unpaired) electrons. The second-order valence-corrected chi connectivity index (χ2v) is 4.67. The first-order valence-electron chi connectivity index (χ1n) is 4.95. The Morgan fingerprint density at radius 3 is 2.75 bits per heavy atom. The van der Waals surface area contributed by atoms with Crippen molar-refractivity contribution in [3.8, 4) is 0 Å². The summed E-state index contributed by atoms with van der Waals surface area (Å²) in [6.45, 7) is 4.01. The average Bonchev–Trinajstić information content (AvgIpc) is 2.41. The molecule has 0 aliphatic rings. The van der Waals surface area contributed by atoms with Gasteiger partial charge in [-0.2, -0.15) is 0 Å². The van der Waals surface area contributed by atoms with Gasteiger partial charge >= 0.3 is 0 Å². The number of amides is 1. The van der Waals surface area contributed by atoms with Gasteiger partial charge < -0.3 is 10.2 Å². The summed E-state index contributed by atoms with van der Waals surface area (Å²) in [6.07, 6.45) is 0.192. The minimum atomic E-state index is -0.358. The molecule has 0 aliphatic heterocycles. The quantitative estimate of drug-likeness (QED) is 0.920. The van der Waals surface area contributed by atoms with Crippen LogP contribution in [0.2, 0.25) is 0 Å². The lowest BCUT2D eigenvalue weighted by atomic mass is 10.0. The predicted molar refractivity (Wildman–Crippen MR) is 66.3 cm³/mol. The molecule has 0 aliphatic carbocycles. The van der Waals surface area contributed by atoms with Crippen molar-refractivity contribution < 1.29 is 9.21 Å². The van der Waals surface area contributed by atoms with Crippen LogP contribution in [0.5, 0.6) is 0 Å². The molecular formula is C12H12BrNO2. The molecule has 0 bridgehead atoms. The molecule has 0 fully saturated rings. The zero-order chi connectivity index (χ0) is 11.9. The maximum atomic E-state index is 11.0. The van der Waals surface area contributed by atoms with Crippen LogP contribution in [-0.4, -0.2) is 5.91 Å². The van der Waals surface area contributed by atoms with Gasteiger partial charge in [-0.05, 0) is 47.0 Å². The molecule has 1 aromatic heterocycles. The number of hydrogen-bond acceptors (Lipinski definition) is 2. The van der Waals surface area contributed by atoms with Crippen LogP contribution in [0.4, 0.5) is 0 Å². The summed E-state index contributed by atoms with van der Waals surface area (Å²) in [5.74, 6) is -0.358. The fourth-order valence-corrected chi connectivity index (χ4v) is 2.50. The first-order chi connectivity index (χ1) is 7.49.